The fourth-order valence-electron chi connectivity index (χ4n) is 1.87. The van der Waals surface area contributed by atoms with Crippen molar-refractivity contribution in [1.29, 1.82) is 0 Å². The second kappa shape index (κ2) is 4.90. The van der Waals surface area contributed by atoms with Crippen LogP contribution in [0.5, 0.6) is 0 Å². The molecule has 0 aromatic carbocycles. The Kier molecular flexibility index (Phi) is 3.08. The van der Waals surface area contributed by atoms with E-state index in [1.165, 1.54) is 6.20 Å². The van der Waals surface area contributed by atoms with Crippen LogP contribution in [0, 0.1) is 6.92 Å². The number of nitrogens with one attached hydrogen (secondary N) is 1. The number of aromatic nitrogens is 4. The Labute approximate surface area is 119 Å². The molecule has 0 saturated heterocycles. The number of aryl methyl sites for hydroxylation is 1. The van der Waals surface area contributed by atoms with Crippen LogP contribution < -0.4 is 5.32 Å². The van der Waals surface area contributed by atoms with Crippen LogP contribution in [0.15, 0.2) is 37.1 Å². The molecule has 1 amide bonds. The normalized spacial score (nSPS) is 10.7. The molecule has 3 aromatic heterocycles. The van der Waals surface area contributed by atoms with E-state index >= 15 is 0 Å². The van der Waals surface area contributed by atoms with E-state index in [-0.39, 0.29) is 11.1 Å². The molecule has 7 heteroatoms. The van der Waals surface area contributed by atoms with Crippen molar-refractivity contribution in [3.63, 3.8) is 0 Å². The van der Waals surface area contributed by atoms with Crippen LogP contribution in [-0.2, 0) is 0 Å². The molecule has 0 saturated carbocycles. The molecule has 0 radical (unpaired) electrons. The van der Waals surface area contributed by atoms with Crippen molar-refractivity contribution in [2.45, 2.75) is 6.92 Å². The van der Waals surface area contributed by atoms with Crippen LogP contribution in [0.1, 0.15) is 15.9 Å². The molecular formula is C13H10ClN5O. The van der Waals surface area contributed by atoms with Gasteiger partial charge in [-0.05, 0) is 18.6 Å². The van der Waals surface area contributed by atoms with Gasteiger partial charge in [-0.25, -0.2) is 9.50 Å². The van der Waals surface area contributed by atoms with Crippen LogP contribution >= 0.6 is 11.6 Å². The Balaban J connectivity index is 1.98. The topological polar surface area (TPSA) is 72.2 Å². The lowest BCUT2D eigenvalue weighted by atomic mass is 10.2. The summed E-state index contributed by atoms with van der Waals surface area (Å²) in [5, 5.41) is 7.11. The molecule has 0 spiro atoms. The molecule has 3 heterocycles. The van der Waals surface area contributed by atoms with Gasteiger partial charge >= 0.3 is 0 Å². The number of hydrogen-bond acceptors (Lipinski definition) is 4. The average Bonchev–Trinajstić information content (AvgIpc) is 2.87. The number of anilines is 1. The largest absolute Gasteiger partial charge is 0.319 e. The Morgan fingerprint density at radius 1 is 1.35 bits per heavy atom. The molecule has 0 unspecified atom stereocenters. The Morgan fingerprint density at radius 2 is 2.20 bits per heavy atom. The van der Waals surface area contributed by atoms with Gasteiger partial charge in [0.15, 0.2) is 5.15 Å². The summed E-state index contributed by atoms with van der Waals surface area (Å²) in [5.41, 5.74) is 2.40. The third kappa shape index (κ3) is 2.10. The number of carbonyl (C=O) groups excluding carboxylic acids is 1. The molecule has 0 atom stereocenters. The van der Waals surface area contributed by atoms with Crippen molar-refractivity contribution in [3.05, 3.63) is 53.3 Å². The van der Waals surface area contributed by atoms with Crippen molar-refractivity contribution in [2.24, 2.45) is 0 Å². The molecule has 0 aliphatic rings. The number of pyridine rings is 1. The van der Waals surface area contributed by atoms with Crippen LogP contribution in [-0.4, -0.2) is 25.5 Å². The van der Waals surface area contributed by atoms with Crippen molar-refractivity contribution >= 4 is 28.7 Å². The summed E-state index contributed by atoms with van der Waals surface area (Å²) in [4.78, 5) is 20.3. The lowest BCUT2D eigenvalue weighted by molar-refractivity contribution is 0.102. The maximum absolute atomic E-state index is 12.3. The standard InChI is InChI=1S/C13H10ClN5O/c1-8-2-3-16-12(14)11(8)18-13(20)9-6-17-19-5-4-15-7-10(9)19/h2-7H,1H3,(H,18,20). The fraction of sp³-hybridized carbons (Fsp3) is 0.0769. The molecule has 0 bridgehead atoms. The molecule has 0 aliphatic carbocycles. The first-order valence-electron chi connectivity index (χ1n) is 5.86. The summed E-state index contributed by atoms with van der Waals surface area (Å²) < 4.78 is 1.58. The van der Waals surface area contributed by atoms with Gasteiger partial charge in [-0.15, -0.1) is 0 Å². The van der Waals surface area contributed by atoms with Gasteiger partial charge < -0.3 is 5.32 Å². The zero-order valence-electron chi connectivity index (χ0n) is 10.5. The highest BCUT2D eigenvalue weighted by atomic mass is 35.5. The Hall–Kier alpha value is -2.47. The molecule has 100 valence electrons. The summed E-state index contributed by atoms with van der Waals surface area (Å²) in [6.45, 7) is 1.85. The van der Waals surface area contributed by atoms with Crippen molar-refractivity contribution < 1.29 is 4.79 Å². The molecule has 0 aliphatic heterocycles. The molecule has 20 heavy (non-hydrogen) atoms. The minimum absolute atomic E-state index is 0.257. The maximum Gasteiger partial charge on any atom is 0.259 e. The Morgan fingerprint density at radius 3 is 3.00 bits per heavy atom. The van der Waals surface area contributed by atoms with Crippen LogP contribution in [0.3, 0.4) is 0 Å². The van der Waals surface area contributed by atoms with Gasteiger partial charge in [0.1, 0.15) is 0 Å². The molecule has 3 rings (SSSR count). The van der Waals surface area contributed by atoms with Crippen LogP contribution in [0.4, 0.5) is 5.69 Å². The average molecular weight is 288 g/mol. The minimum atomic E-state index is -0.300. The van der Waals surface area contributed by atoms with E-state index in [4.69, 9.17) is 11.6 Å². The number of carbonyl (C=O) groups is 1. The lowest BCUT2D eigenvalue weighted by Crippen LogP contribution is -2.13. The summed E-state index contributed by atoms with van der Waals surface area (Å²) in [5.74, 6) is -0.300. The van der Waals surface area contributed by atoms with Gasteiger partial charge in [0.05, 0.1) is 29.2 Å². The number of amides is 1. The van der Waals surface area contributed by atoms with E-state index in [9.17, 15) is 4.79 Å². The smallest absolute Gasteiger partial charge is 0.259 e. The predicted molar refractivity (Wildman–Crippen MR) is 74.9 cm³/mol. The molecule has 3 aromatic rings. The Bertz CT molecular complexity index is 778. The quantitative estimate of drug-likeness (QED) is 0.734. The molecule has 0 fully saturated rings. The summed E-state index contributed by atoms with van der Waals surface area (Å²) in [7, 11) is 0. The first kappa shape index (κ1) is 12.6. The van der Waals surface area contributed by atoms with Gasteiger partial charge in [0.25, 0.3) is 5.91 Å². The van der Waals surface area contributed by atoms with E-state index in [0.29, 0.717) is 16.8 Å². The monoisotopic (exact) mass is 287 g/mol. The zero-order valence-corrected chi connectivity index (χ0v) is 11.3. The van der Waals surface area contributed by atoms with Crippen molar-refractivity contribution in [1.82, 2.24) is 19.6 Å². The number of fused-ring (bicyclic) bond motifs is 1. The van der Waals surface area contributed by atoms with Crippen LogP contribution in [0.25, 0.3) is 5.52 Å². The second-order valence-electron chi connectivity index (χ2n) is 4.21. The van der Waals surface area contributed by atoms with E-state index < -0.39 is 0 Å². The first-order chi connectivity index (χ1) is 9.66. The van der Waals surface area contributed by atoms with E-state index in [1.54, 1.807) is 35.4 Å². The van der Waals surface area contributed by atoms with Crippen molar-refractivity contribution in [2.75, 3.05) is 5.32 Å². The number of rotatable bonds is 2. The van der Waals surface area contributed by atoms with Crippen LogP contribution in [0.2, 0.25) is 5.15 Å². The number of halogens is 1. The minimum Gasteiger partial charge on any atom is -0.319 e. The second-order valence-corrected chi connectivity index (χ2v) is 4.57. The molecule has 1 N–H and O–H groups in total. The highest BCUT2D eigenvalue weighted by molar-refractivity contribution is 6.33. The highest BCUT2D eigenvalue weighted by Crippen LogP contribution is 2.23. The maximum atomic E-state index is 12.3. The third-order valence-corrected chi connectivity index (χ3v) is 3.21. The number of hydrogen-bond donors (Lipinski definition) is 1. The summed E-state index contributed by atoms with van der Waals surface area (Å²) in [6, 6.07) is 1.78. The third-order valence-electron chi connectivity index (χ3n) is 2.92. The van der Waals surface area contributed by atoms with Gasteiger partial charge in [-0.1, -0.05) is 11.6 Å². The molecular weight excluding hydrogens is 278 g/mol. The molecule has 6 nitrogen and oxygen atoms in total. The van der Waals surface area contributed by atoms with E-state index in [0.717, 1.165) is 5.56 Å². The van der Waals surface area contributed by atoms with Gasteiger partial charge in [0, 0.05) is 18.6 Å². The van der Waals surface area contributed by atoms with Gasteiger partial charge in [-0.2, -0.15) is 5.10 Å². The van der Waals surface area contributed by atoms with E-state index in [1.807, 2.05) is 6.92 Å². The fourth-order valence-corrected chi connectivity index (χ4v) is 2.12. The predicted octanol–water partition coefficient (Wildman–Crippen LogP) is 2.34. The highest BCUT2D eigenvalue weighted by Gasteiger charge is 2.15. The van der Waals surface area contributed by atoms with Crippen molar-refractivity contribution in [3.8, 4) is 0 Å². The first-order valence-corrected chi connectivity index (χ1v) is 6.24. The number of nitrogens with zero attached hydrogens (tertiary/aromatic N) is 4. The summed E-state index contributed by atoms with van der Waals surface area (Å²) >= 11 is 5.99. The van der Waals surface area contributed by atoms with Gasteiger partial charge in [-0.3, -0.25) is 9.78 Å². The lowest BCUT2D eigenvalue weighted by Gasteiger charge is -2.08. The SMILES string of the molecule is Cc1ccnc(Cl)c1NC(=O)c1cnn2ccncc12. The zero-order chi connectivity index (χ0) is 14.1. The van der Waals surface area contributed by atoms with E-state index in [2.05, 4.69) is 20.4 Å². The van der Waals surface area contributed by atoms with Gasteiger partial charge in [0.2, 0.25) is 0 Å². The summed E-state index contributed by atoms with van der Waals surface area (Å²) in [6.07, 6.45) is 7.94.